The second-order valence-corrected chi connectivity index (χ2v) is 3.46. The number of aromatic nitrogens is 2. The van der Waals surface area contributed by atoms with E-state index in [0.717, 1.165) is 0 Å². The van der Waals surface area contributed by atoms with Crippen molar-refractivity contribution in [3.8, 4) is 0 Å². The molecule has 1 unspecified atom stereocenters. The summed E-state index contributed by atoms with van der Waals surface area (Å²) in [5.41, 5.74) is 0.467. The third-order valence-electron chi connectivity index (χ3n) is 1.73. The quantitative estimate of drug-likeness (QED) is 0.890. The normalized spacial score (nSPS) is 12.7. The van der Waals surface area contributed by atoms with Gasteiger partial charge in [0.25, 0.3) is 0 Å². The Balaban J connectivity index is 2.29. The summed E-state index contributed by atoms with van der Waals surface area (Å²) in [5, 5.41) is 9.79. The molecular weight excluding hydrogens is 248 g/mol. The predicted octanol–water partition coefficient (Wildman–Crippen LogP) is 1.91. The molecule has 0 bridgehead atoms. The first-order chi connectivity index (χ1) is 6.77. The summed E-state index contributed by atoms with van der Waals surface area (Å²) in [6, 6.07) is 3.40. The fourth-order valence-electron chi connectivity index (χ4n) is 1.07. The zero-order valence-electron chi connectivity index (χ0n) is 7.09. The first-order valence-electron chi connectivity index (χ1n) is 3.96. The van der Waals surface area contributed by atoms with Crippen LogP contribution in [0.3, 0.4) is 0 Å². The third-order valence-corrected chi connectivity index (χ3v) is 2.15. The van der Waals surface area contributed by atoms with Crippen LogP contribution in [0.1, 0.15) is 17.6 Å². The van der Waals surface area contributed by atoms with Crippen LogP contribution >= 0.6 is 15.9 Å². The Labute approximate surface area is 88.7 Å². The fourth-order valence-corrected chi connectivity index (χ4v) is 1.39. The van der Waals surface area contributed by atoms with E-state index in [-0.39, 0.29) is 0 Å². The number of nitrogens with zero attached hydrogens (tertiary/aromatic N) is 2. The summed E-state index contributed by atoms with van der Waals surface area (Å²) in [6.07, 6.45) is 3.71. The summed E-state index contributed by atoms with van der Waals surface area (Å²) in [6.45, 7) is 0. The minimum Gasteiger partial charge on any atom is -0.451 e. The van der Waals surface area contributed by atoms with Crippen LogP contribution < -0.4 is 0 Å². The van der Waals surface area contributed by atoms with Crippen molar-refractivity contribution in [2.45, 2.75) is 6.10 Å². The van der Waals surface area contributed by atoms with Crippen molar-refractivity contribution in [3.05, 3.63) is 46.8 Å². The number of halogens is 1. The van der Waals surface area contributed by atoms with E-state index in [2.05, 4.69) is 25.9 Å². The van der Waals surface area contributed by atoms with Gasteiger partial charge in [0.2, 0.25) is 0 Å². The number of furan rings is 1. The van der Waals surface area contributed by atoms with Gasteiger partial charge < -0.3 is 9.52 Å². The predicted molar refractivity (Wildman–Crippen MR) is 52.5 cm³/mol. The van der Waals surface area contributed by atoms with Crippen LogP contribution in [0.4, 0.5) is 0 Å². The Hall–Kier alpha value is -1.20. The summed E-state index contributed by atoms with van der Waals surface area (Å²) in [7, 11) is 0. The van der Waals surface area contributed by atoms with E-state index in [1.165, 1.54) is 12.4 Å². The molecule has 72 valence electrons. The van der Waals surface area contributed by atoms with E-state index in [0.29, 0.717) is 16.1 Å². The van der Waals surface area contributed by atoms with Crippen molar-refractivity contribution < 1.29 is 9.52 Å². The lowest BCUT2D eigenvalue weighted by Gasteiger charge is -2.04. The fraction of sp³-hybridized carbons (Fsp3) is 0.111. The molecule has 1 N–H and O–H groups in total. The van der Waals surface area contributed by atoms with Crippen molar-refractivity contribution in [3.63, 3.8) is 0 Å². The van der Waals surface area contributed by atoms with E-state index in [4.69, 9.17) is 4.42 Å². The summed E-state index contributed by atoms with van der Waals surface area (Å²) >= 11 is 3.16. The van der Waals surface area contributed by atoms with Gasteiger partial charge in [-0.05, 0) is 28.1 Å². The first-order valence-corrected chi connectivity index (χ1v) is 4.76. The highest BCUT2D eigenvalue weighted by molar-refractivity contribution is 9.10. The lowest BCUT2D eigenvalue weighted by Crippen LogP contribution is -2.00. The summed E-state index contributed by atoms with van der Waals surface area (Å²) in [5.74, 6) is 0.442. The molecule has 2 aromatic heterocycles. The highest BCUT2D eigenvalue weighted by atomic mass is 79.9. The van der Waals surface area contributed by atoms with Crippen LogP contribution in [0.15, 0.2) is 39.8 Å². The number of aliphatic hydroxyl groups is 1. The molecule has 14 heavy (non-hydrogen) atoms. The van der Waals surface area contributed by atoms with Crippen LogP contribution in [-0.2, 0) is 0 Å². The van der Waals surface area contributed by atoms with Crippen LogP contribution in [0, 0.1) is 0 Å². The molecule has 0 saturated heterocycles. The van der Waals surface area contributed by atoms with Gasteiger partial charge in [-0.15, -0.1) is 0 Å². The Morgan fingerprint density at radius 3 is 2.79 bits per heavy atom. The zero-order valence-corrected chi connectivity index (χ0v) is 8.68. The molecule has 0 aliphatic rings. The lowest BCUT2D eigenvalue weighted by atomic mass is 10.2. The second-order valence-electron chi connectivity index (χ2n) is 2.67. The highest BCUT2D eigenvalue weighted by Crippen LogP contribution is 2.23. The van der Waals surface area contributed by atoms with Gasteiger partial charge in [0.1, 0.15) is 5.76 Å². The van der Waals surface area contributed by atoms with Gasteiger partial charge in [-0.25, -0.2) is 0 Å². The molecule has 0 saturated carbocycles. The molecule has 0 aliphatic carbocycles. The minimum atomic E-state index is -0.866. The number of hydrogen-bond donors (Lipinski definition) is 1. The van der Waals surface area contributed by atoms with Crippen molar-refractivity contribution >= 4 is 15.9 Å². The summed E-state index contributed by atoms with van der Waals surface area (Å²) in [4.78, 5) is 7.84. The molecule has 0 fully saturated rings. The Morgan fingerprint density at radius 1 is 1.36 bits per heavy atom. The van der Waals surface area contributed by atoms with Gasteiger partial charge in [-0.3, -0.25) is 9.97 Å². The van der Waals surface area contributed by atoms with Crippen LogP contribution in [0.25, 0.3) is 0 Å². The molecule has 0 aromatic carbocycles. The zero-order chi connectivity index (χ0) is 9.97. The monoisotopic (exact) mass is 254 g/mol. The molecule has 2 rings (SSSR count). The molecule has 0 amide bonds. The maximum atomic E-state index is 9.79. The number of aliphatic hydroxyl groups excluding tert-OH is 1. The average Bonchev–Trinajstić information content (AvgIpc) is 2.65. The maximum absolute atomic E-state index is 9.79. The lowest BCUT2D eigenvalue weighted by molar-refractivity contribution is 0.182. The second kappa shape index (κ2) is 3.89. The van der Waals surface area contributed by atoms with Gasteiger partial charge in [-0.1, -0.05) is 0 Å². The van der Waals surface area contributed by atoms with E-state index >= 15 is 0 Å². The van der Waals surface area contributed by atoms with Gasteiger partial charge in [0.15, 0.2) is 10.8 Å². The molecule has 0 spiro atoms. The number of rotatable bonds is 2. The van der Waals surface area contributed by atoms with Crippen molar-refractivity contribution in [2.75, 3.05) is 0 Å². The molecule has 5 heteroatoms. The molecule has 4 nitrogen and oxygen atoms in total. The van der Waals surface area contributed by atoms with Gasteiger partial charge in [0.05, 0.1) is 11.9 Å². The third kappa shape index (κ3) is 1.83. The van der Waals surface area contributed by atoms with Crippen molar-refractivity contribution in [2.24, 2.45) is 0 Å². The van der Waals surface area contributed by atoms with Gasteiger partial charge in [0, 0.05) is 12.4 Å². The molecule has 0 radical (unpaired) electrons. The molecule has 0 aliphatic heterocycles. The molecule has 2 aromatic rings. The smallest absolute Gasteiger partial charge is 0.169 e. The minimum absolute atomic E-state index is 0.442. The van der Waals surface area contributed by atoms with Gasteiger partial charge in [-0.2, -0.15) is 0 Å². The van der Waals surface area contributed by atoms with Gasteiger partial charge >= 0.3 is 0 Å². The van der Waals surface area contributed by atoms with E-state index in [1.807, 2.05) is 0 Å². The first kappa shape index (κ1) is 9.36. The molecule has 2 heterocycles. The van der Waals surface area contributed by atoms with Crippen LogP contribution in [0.2, 0.25) is 0 Å². The number of hydrogen-bond acceptors (Lipinski definition) is 4. The average molecular weight is 255 g/mol. The molecular formula is C9H7BrN2O2. The van der Waals surface area contributed by atoms with Crippen molar-refractivity contribution in [1.82, 2.24) is 9.97 Å². The van der Waals surface area contributed by atoms with Crippen LogP contribution in [0.5, 0.6) is 0 Å². The maximum Gasteiger partial charge on any atom is 0.169 e. The van der Waals surface area contributed by atoms with E-state index in [1.54, 1.807) is 18.3 Å². The Bertz CT molecular complexity index is 416. The Morgan fingerprint density at radius 2 is 2.21 bits per heavy atom. The SMILES string of the molecule is OC(c1cnccn1)c1ccc(Br)o1. The highest BCUT2D eigenvalue weighted by Gasteiger charge is 2.15. The standard InChI is InChI=1S/C9H7BrN2O2/c10-8-2-1-7(14-8)9(13)6-5-11-3-4-12-6/h1-5,9,13H. The topological polar surface area (TPSA) is 59.2 Å². The molecule has 1 atom stereocenters. The van der Waals surface area contributed by atoms with Crippen molar-refractivity contribution in [1.29, 1.82) is 0 Å². The van der Waals surface area contributed by atoms with E-state index < -0.39 is 6.10 Å². The Kier molecular flexibility index (Phi) is 2.60. The largest absolute Gasteiger partial charge is 0.451 e. The summed E-state index contributed by atoms with van der Waals surface area (Å²) < 4.78 is 5.78. The van der Waals surface area contributed by atoms with E-state index in [9.17, 15) is 5.11 Å². The van der Waals surface area contributed by atoms with Crippen LogP contribution in [-0.4, -0.2) is 15.1 Å².